The van der Waals surface area contributed by atoms with Gasteiger partial charge in [-0.2, -0.15) is 0 Å². The van der Waals surface area contributed by atoms with E-state index in [4.69, 9.17) is 10.2 Å². The third kappa shape index (κ3) is 2.50. The number of nitrogens with two attached hydrogens (primary N) is 1. The Hall–Kier alpha value is -1.33. The topological polar surface area (TPSA) is 62.7 Å². The van der Waals surface area contributed by atoms with Gasteiger partial charge >= 0.3 is 0 Å². The van der Waals surface area contributed by atoms with Crippen LogP contribution in [0.15, 0.2) is 16.5 Å². The van der Waals surface area contributed by atoms with Crippen molar-refractivity contribution in [2.75, 3.05) is 26.7 Å². The summed E-state index contributed by atoms with van der Waals surface area (Å²) in [7, 11) is 2.08. The maximum atomic E-state index is 12.2. The smallest absolute Gasteiger partial charge is 0.289 e. The molecule has 1 aliphatic rings. The van der Waals surface area contributed by atoms with Crippen LogP contribution in [0, 0.1) is 0 Å². The maximum Gasteiger partial charge on any atom is 0.289 e. The molecule has 0 bridgehead atoms. The van der Waals surface area contributed by atoms with Gasteiger partial charge in [-0.25, -0.2) is 0 Å². The molecule has 5 nitrogen and oxygen atoms in total. The van der Waals surface area contributed by atoms with Crippen LogP contribution in [0.2, 0.25) is 0 Å². The highest BCUT2D eigenvalue weighted by atomic mass is 16.4. The number of rotatable bonds is 2. The number of hydrogen-bond donors (Lipinski definition) is 1. The van der Waals surface area contributed by atoms with Crippen LogP contribution in [0.3, 0.4) is 0 Å². The minimum atomic E-state index is -0.0374. The average molecular weight is 237 g/mol. The minimum Gasteiger partial charge on any atom is -0.455 e. The van der Waals surface area contributed by atoms with Crippen LogP contribution in [0.5, 0.6) is 0 Å². The highest BCUT2D eigenvalue weighted by molar-refractivity contribution is 5.91. The molecule has 1 saturated heterocycles. The largest absolute Gasteiger partial charge is 0.455 e. The second-order valence-electron chi connectivity index (χ2n) is 4.55. The molecule has 17 heavy (non-hydrogen) atoms. The highest BCUT2D eigenvalue weighted by Gasteiger charge is 2.26. The minimum absolute atomic E-state index is 0.0374. The van der Waals surface area contributed by atoms with Crippen molar-refractivity contribution in [1.82, 2.24) is 9.80 Å². The summed E-state index contributed by atoms with van der Waals surface area (Å²) in [6.45, 7) is 4.84. The van der Waals surface area contributed by atoms with Crippen LogP contribution in [0.4, 0.5) is 0 Å². The van der Waals surface area contributed by atoms with Gasteiger partial charge in [-0.05, 0) is 26.1 Å². The molecule has 1 unspecified atom stereocenters. The van der Waals surface area contributed by atoms with Crippen molar-refractivity contribution in [2.24, 2.45) is 5.73 Å². The van der Waals surface area contributed by atoms with E-state index in [1.54, 1.807) is 12.1 Å². The lowest BCUT2D eigenvalue weighted by molar-refractivity contribution is 0.0541. The lowest BCUT2D eigenvalue weighted by Gasteiger charge is -2.37. The van der Waals surface area contributed by atoms with Crippen LogP contribution >= 0.6 is 0 Å². The van der Waals surface area contributed by atoms with Gasteiger partial charge in [-0.15, -0.1) is 0 Å². The van der Waals surface area contributed by atoms with Crippen molar-refractivity contribution in [2.45, 2.75) is 19.5 Å². The summed E-state index contributed by atoms with van der Waals surface area (Å²) in [5.41, 5.74) is 5.46. The van der Waals surface area contributed by atoms with Gasteiger partial charge in [0.1, 0.15) is 5.76 Å². The second-order valence-corrected chi connectivity index (χ2v) is 4.55. The lowest BCUT2D eigenvalue weighted by atomic mass is 10.2. The van der Waals surface area contributed by atoms with E-state index >= 15 is 0 Å². The Morgan fingerprint density at radius 1 is 1.53 bits per heavy atom. The molecule has 0 spiro atoms. The molecular weight excluding hydrogens is 218 g/mol. The number of likely N-dealkylation sites (N-methyl/N-ethyl adjacent to an activating group) is 1. The first-order chi connectivity index (χ1) is 8.11. The Kier molecular flexibility index (Phi) is 3.49. The first-order valence-corrected chi connectivity index (χ1v) is 5.90. The second kappa shape index (κ2) is 4.89. The van der Waals surface area contributed by atoms with E-state index in [2.05, 4.69) is 18.9 Å². The molecule has 5 heteroatoms. The summed E-state index contributed by atoms with van der Waals surface area (Å²) < 4.78 is 5.38. The van der Waals surface area contributed by atoms with Crippen molar-refractivity contribution in [3.05, 3.63) is 23.7 Å². The number of furan rings is 1. The predicted molar refractivity (Wildman–Crippen MR) is 64.6 cm³/mol. The number of hydrogen-bond acceptors (Lipinski definition) is 4. The normalized spacial score (nSPS) is 21.8. The number of carbonyl (C=O) groups excluding carboxylic acids is 1. The van der Waals surface area contributed by atoms with Gasteiger partial charge in [0, 0.05) is 25.7 Å². The molecule has 0 aromatic carbocycles. The molecular formula is C12H19N3O2. The third-order valence-electron chi connectivity index (χ3n) is 3.32. The molecule has 2 heterocycles. The highest BCUT2D eigenvalue weighted by Crippen LogP contribution is 2.14. The Balaban J connectivity index is 2.05. The fourth-order valence-electron chi connectivity index (χ4n) is 1.99. The van der Waals surface area contributed by atoms with E-state index in [-0.39, 0.29) is 5.91 Å². The van der Waals surface area contributed by atoms with Crippen molar-refractivity contribution < 1.29 is 9.21 Å². The zero-order valence-electron chi connectivity index (χ0n) is 10.3. The third-order valence-corrected chi connectivity index (χ3v) is 3.32. The Morgan fingerprint density at radius 3 is 2.88 bits per heavy atom. The molecule has 1 aromatic heterocycles. The van der Waals surface area contributed by atoms with Crippen molar-refractivity contribution in [3.63, 3.8) is 0 Å². The summed E-state index contributed by atoms with van der Waals surface area (Å²) in [5.74, 6) is 1.00. The van der Waals surface area contributed by atoms with Gasteiger partial charge in [-0.3, -0.25) is 4.79 Å². The Labute approximate surface area is 101 Å². The maximum absolute atomic E-state index is 12.2. The van der Waals surface area contributed by atoms with E-state index in [0.29, 0.717) is 24.1 Å². The first kappa shape index (κ1) is 12.1. The van der Waals surface area contributed by atoms with Crippen LogP contribution in [0.25, 0.3) is 0 Å². The summed E-state index contributed by atoms with van der Waals surface area (Å²) in [4.78, 5) is 16.2. The molecule has 1 fully saturated rings. The molecule has 0 radical (unpaired) electrons. The van der Waals surface area contributed by atoms with E-state index in [0.717, 1.165) is 19.6 Å². The summed E-state index contributed by atoms with van der Waals surface area (Å²) in [6.07, 6.45) is 0. The van der Waals surface area contributed by atoms with Crippen LogP contribution in [-0.2, 0) is 6.54 Å². The Bertz CT molecular complexity index is 402. The number of piperazine rings is 1. The summed E-state index contributed by atoms with van der Waals surface area (Å²) in [5, 5.41) is 0. The lowest BCUT2D eigenvalue weighted by Crippen LogP contribution is -2.51. The quantitative estimate of drug-likeness (QED) is 0.814. The molecule has 2 rings (SSSR count). The zero-order valence-corrected chi connectivity index (χ0v) is 10.3. The van der Waals surface area contributed by atoms with Gasteiger partial charge in [0.25, 0.3) is 5.91 Å². The number of nitrogens with zero attached hydrogens (tertiary/aromatic N) is 2. The van der Waals surface area contributed by atoms with Gasteiger partial charge in [0.05, 0.1) is 6.54 Å². The summed E-state index contributed by atoms with van der Waals surface area (Å²) >= 11 is 0. The molecule has 1 aliphatic heterocycles. The van der Waals surface area contributed by atoms with Gasteiger partial charge in [0.2, 0.25) is 0 Å². The number of amides is 1. The van der Waals surface area contributed by atoms with Gasteiger partial charge in [0.15, 0.2) is 5.76 Å². The molecule has 1 atom stereocenters. The standard InChI is InChI=1S/C12H19N3O2/c1-9-8-15(6-5-14(9)2)12(16)11-4-3-10(7-13)17-11/h3-4,9H,5-8,13H2,1-2H3. The number of carbonyl (C=O) groups is 1. The van der Waals surface area contributed by atoms with Crippen molar-refractivity contribution in [1.29, 1.82) is 0 Å². The predicted octanol–water partition coefficient (Wildman–Crippen LogP) is 0.514. The van der Waals surface area contributed by atoms with Crippen LogP contribution in [-0.4, -0.2) is 48.4 Å². The Morgan fingerprint density at radius 2 is 2.29 bits per heavy atom. The average Bonchev–Trinajstić information content (AvgIpc) is 2.80. The molecule has 1 aromatic rings. The van der Waals surface area contributed by atoms with E-state index in [9.17, 15) is 4.79 Å². The SMILES string of the molecule is CC1CN(C(=O)c2ccc(CN)o2)CCN1C. The zero-order chi connectivity index (χ0) is 12.4. The molecule has 0 aliphatic carbocycles. The van der Waals surface area contributed by atoms with Gasteiger partial charge in [-0.1, -0.05) is 0 Å². The molecule has 2 N–H and O–H groups in total. The molecule has 94 valence electrons. The fourth-order valence-corrected chi connectivity index (χ4v) is 1.99. The van der Waals surface area contributed by atoms with Crippen LogP contribution in [0.1, 0.15) is 23.2 Å². The van der Waals surface area contributed by atoms with E-state index in [1.807, 2.05) is 4.90 Å². The fraction of sp³-hybridized carbons (Fsp3) is 0.583. The summed E-state index contributed by atoms with van der Waals surface area (Å²) in [6, 6.07) is 3.84. The molecule has 0 saturated carbocycles. The van der Waals surface area contributed by atoms with Crippen molar-refractivity contribution in [3.8, 4) is 0 Å². The van der Waals surface area contributed by atoms with E-state index in [1.165, 1.54) is 0 Å². The monoisotopic (exact) mass is 237 g/mol. The van der Waals surface area contributed by atoms with Crippen LogP contribution < -0.4 is 5.73 Å². The molecule has 1 amide bonds. The van der Waals surface area contributed by atoms with E-state index < -0.39 is 0 Å². The van der Waals surface area contributed by atoms with Crippen molar-refractivity contribution >= 4 is 5.91 Å². The van der Waals surface area contributed by atoms with Gasteiger partial charge < -0.3 is 20.0 Å². The first-order valence-electron chi connectivity index (χ1n) is 5.90.